The molecule has 2 heterocycles. The van der Waals surface area contributed by atoms with E-state index in [4.69, 9.17) is 0 Å². The normalized spacial score (nSPS) is 10.9. The average molecular weight is 431 g/mol. The van der Waals surface area contributed by atoms with Crippen molar-refractivity contribution in [1.82, 2.24) is 19.9 Å². The predicted molar refractivity (Wildman–Crippen MR) is 120 cm³/mol. The lowest BCUT2D eigenvalue weighted by molar-refractivity contribution is 0.0821. The SMILES string of the molecule is Cc1nc(C(=O)N(C)C)ccc1C(=O)Nc1ccc2nc(Cc3ccccc3F)[nH]c2c1. The molecule has 0 atom stereocenters. The molecule has 0 aliphatic rings. The fourth-order valence-electron chi connectivity index (χ4n) is 3.39. The third-order valence-electron chi connectivity index (χ3n) is 5.06. The van der Waals surface area contributed by atoms with Crippen LogP contribution in [0.25, 0.3) is 11.0 Å². The van der Waals surface area contributed by atoms with Crippen LogP contribution in [0.1, 0.15) is 37.9 Å². The Morgan fingerprint density at radius 2 is 1.84 bits per heavy atom. The fourth-order valence-corrected chi connectivity index (χ4v) is 3.39. The van der Waals surface area contributed by atoms with Crippen LogP contribution in [0.4, 0.5) is 10.1 Å². The Morgan fingerprint density at radius 1 is 1.06 bits per heavy atom. The van der Waals surface area contributed by atoms with Crippen LogP contribution < -0.4 is 5.32 Å². The molecule has 0 unspecified atom stereocenters. The van der Waals surface area contributed by atoms with Gasteiger partial charge in [-0.15, -0.1) is 0 Å². The number of amides is 2. The Kier molecular flexibility index (Phi) is 5.68. The number of benzene rings is 2. The molecular weight excluding hydrogens is 409 g/mol. The van der Waals surface area contributed by atoms with E-state index < -0.39 is 0 Å². The number of anilines is 1. The lowest BCUT2D eigenvalue weighted by atomic mass is 10.1. The van der Waals surface area contributed by atoms with Crippen molar-refractivity contribution in [3.63, 3.8) is 0 Å². The van der Waals surface area contributed by atoms with Crippen molar-refractivity contribution in [3.8, 4) is 0 Å². The van der Waals surface area contributed by atoms with Crippen LogP contribution >= 0.6 is 0 Å². The first-order chi connectivity index (χ1) is 15.3. The van der Waals surface area contributed by atoms with Crippen molar-refractivity contribution in [2.45, 2.75) is 13.3 Å². The number of carbonyl (C=O) groups excluding carboxylic acids is 2. The molecule has 0 spiro atoms. The van der Waals surface area contributed by atoms with Gasteiger partial charge in [0.1, 0.15) is 17.3 Å². The Labute approximate surface area is 184 Å². The quantitative estimate of drug-likeness (QED) is 0.501. The Hall–Kier alpha value is -4.07. The molecule has 4 rings (SSSR count). The zero-order chi connectivity index (χ0) is 22.8. The second kappa shape index (κ2) is 8.58. The van der Waals surface area contributed by atoms with Gasteiger partial charge in [-0.1, -0.05) is 18.2 Å². The molecule has 162 valence electrons. The number of pyridine rings is 1. The second-order valence-corrected chi connectivity index (χ2v) is 7.67. The van der Waals surface area contributed by atoms with Gasteiger partial charge in [0.2, 0.25) is 0 Å². The first kappa shape index (κ1) is 21.2. The van der Waals surface area contributed by atoms with Gasteiger partial charge in [-0.2, -0.15) is 0 Å². The molecule has 4 aromatic rings. The third-order valence-corrected chi connectivity index (χ3v) is 5.06. The molecule has 0 saturated heterocycles. The number of aromatic amines is 1. The van der Waals surface area contributed by atoms with Crippen LogP contribution in [-0.2, 0) is 6.42 Å². The highest BCUT2D eigenvalue weighted by Gasteiger charge is 2.16. The number of H-pyrrole nitrogens is 1. The maximum Gasteiger partial charge on any atom is 0.271 e. The zero-order valence-electron chi connectivity index (χ0n) is 17.9. The highest BCUT2D eigenvalue weighted by molar-refractivity contribution is 6.06. The molecular formula is C24H22FN5O2. The number of imidazole rings is 1. The van der Waals surface area contributed by atoms with Crippen LogP contribution in [-0.4, -0.2) is 45.8 Å². The van der Waals surface area contributed by atoms with Gasteiger partial charge in [0.15, 0.2) is 0 Å². The van der Waals surface area contributed by atoms with Gasteiger partial charge in [0.05, 0.1) is 22.3 Å². The van der Waals surface area contributed by atoms with Crippen LogP contribution in [0.3, 0.4) is 0 Å². The summed E-state index contributed by atoms with van der Waals surface area (Å²) in [7, 11) is 3.29. The molecule has 32 heavy (non-hydrogen) atoms. The minimum absolute atomic E-state index is 0.226. The Morgan fingerprint density at radius 3 is 2.56 bits per heavy atom. The van der Waals surface area contributed by atoms with E-state index >= 15 is 0 Å². The minimum atomic E-state index is -0.329. The summed E-state index contributed by atoms with van der Waals surface area (Å²) < 4.78 is 13.9. The number of carbonyl (C=O) groups is 2. The van der Waals surface area contributed by atoms with Crippen molar-refractivity contribution in [2.75, 3.05) is 19.4 Å². The molecule has 0 saturated carbocycles. The molecule has 2 aromatic carbocycles. The smallest absolute Gasteiger partial charge is 0.271 e. The number of fused-ring (bicyclic) bond motifs is 1. The molecule has 0 aliphatic heterocycles. The zero-order valence-corrected chi connectivity index (χ0v) is 17.9. The summed E-state index contributed by atoms with van der Waals surface area (Å²) in [5.74, 6) is -0.196. The van der Waals surface area contributed by atoms with E-state index in [1.807, 2.05) is 0 Å². The average Bonchev–Trinajstić information content (AvgIpc) is 3.16. The number of rotatable bonds is 5. The van der Waals surface area contributed by atoms with Gasteiger partial charge in [0.25, 0.3) is 11.8 Å². The summed E-state index contributed by atoms with van der Waals surface area (Å²) >= 11 is 0. The Bertz CT molecular complexity index is 1330. The topological polar surface area (TPSA) is 91.0 Å². The lowest BCUT2D eigenvalue weighted by Crippen LogP contribution is -2.23. The summed E-state index contributed by atoms with van der Waals surface area (Å²) in [5, 5.41) is 2.85. The van der Waals surface area contributed by atoms with Crippen LogP contribution in [0.15, 0.2) is 54.6 Å². The summed E-state index contributed by atoms with van der Waals surface area (Å²) in [4.78, 5) is 38.2. The van der Waals surface area contributed by atoms with Gasteiger partial charge >= 0.3 is 0 Å². The van der Waals surface area contributed by atoms with E-state index in [-0.39, 0.29) is 23.3 Å². The monoisotopic (exact) mass is 431 g/mol. The summed E-state index contributed by atoms with van der Waals surface area (Å²) in [6, 6.07) is 15.0. The molecule has 0 aliphatic carbocycles. The fraction of sp³-hybridized carbons (Fsp3) is 0.167. The van der Waals surface area contributed by atoms with Crippen LogP contribution in [0.5, 0.6) is 0 Å². The van der Waals surface area contributed by atoms with E-state index in [9.17, 15) is 14.0 Å². The molecule has 0 fully saturated rings. The van der Waals surface area contributed by atoms with Gasteiger partial charge in [-0.25, -0.2) is 14.4 Å². The lowest BCUT2D eigenvalue weighted by Gasteiger charge is -2.12. The van der Waals surface area contributed by atoms with Crippen molar-refractivity contribution < 1.29 is 14.0 Å². The molecule has 8 heteroatoms. The maximum absolute atomic E-state index is 13.9. The largest absolute Gasteiger partial charge is 0.343 e. The molecule has 0 bridgehead atoms. The second-order valence-electron chi connectivity index (χ2n) is 7.67. The standard InChI is InChI=1S/C24H22FN5O2/c1-14-17(9-11-20(26-14)24(32)30(2)3)23(31)27-16-8-10-19-21(13-16)29-22(28-19)12-15-6-4-5-7-18(15)25/h4-11,13H,12H2,1-3H3,(H,27,31)(H,28,29). The minimum Gasteiger partial charge on any atom is -0.343 e. The number of halogens is 1. The predicted octanol–water partition coefficient (Wildman–Crippen LogP) is 3.95. The molecule has 7 nitrogen and oxygen atoms in total. The van der Waals surface area contributed by atoms with E-state index in [0.29, 0.717) is 34.8 Å². The van der Waals surface area contributed by atoms with Gasteiger partial charge in [-0.3, -0.25) is 9.59 Å². The number of nitrogens with zero attached hydrogens (tertiary/aromatic N) is 3. The summed E-state index contributed by atoms with van der Waals surface area (Å²) in [5.41, 5.74) is 3.71. The summed E-state index contributed by atoms with van der Waals surface area (Å²) in [6.07, 6.45) is 0.339. The number of aryl methyl sites for hydroxylation is 1. The molecule has 0 radical (unpaired) electrons. The van der Waals surface area contributed by atoms with E-state index in [2.05, 4.69) is 20.3 Å². The van der Waals surface area contributed by atoms with Crippen LogP contribution in [0, 0.1) is 12.7 Å². The first-order valence-electron chi connectivity index (χ1n) is 10.0. The molecule has 2 amide bonds. The number of hydrogen-bond acceptors (Lipinski definition) is 4. The van der Waals surface area contributed by atoms with Crippen molar-refractivity contribution in [1.29, 1.82) is 0 Å². The van der Waals surface area contributed by atoms with Gasteiger partial charge in [0, 0.05) is 26.2 Å². The Balaban J connectivity index is 1.52. The van der Waals surface area contributed by atoms with Crippen molar-refractivity contribution in [2.24, 2.45) is 0 Å². The first-order valence-corrected chi connectivity index (χ1v) is 10.0. The van der Waals surface area contributed by atoms with E-state index in [1.165, 1.54) is 17.0 Å². The van der Waals surface area contributed by atoms with Crippen molar-refractivity contribution in [3.05, 3.63) is 88.8 Å². The van der Waals surface area contributed by atoms with Crippen molar-refractivity contribution >= 4 is 28.5 Å². The molecule has 2 N–H and O–H groups in total. The highest BCUT2D eigenvalue weighted by atomic mass is 19.1. The third kappa shape index (κ3) is 4.34. The maximum atomic E-state index is 13.9. The van der Waals surface area contributed by atoms with E-state index in [1.54, 1.807) is 63.5 Å². The summed E-state index contributed by atoms with van der Waals surface area (Å²) in [6.45, 7) is 1.69. The number of hydrogen-bond donors (Lipinski definition) is 2. The van der Waals surface area contributed by atoms with Crippen LogP contribution in [0.2, 0.25) is 0 Å². The number of aromatic nitrogens is 3. The van der Waals surface area contributed by atoms with Gasteiger partial charge in [-0.05, 0) is 48.9 Å². The van der Waals surface area contributed by atoms with E-state index in [0.717, 1.165) is 11.0 Å². The number of nitrogens with one attached hydrogen (secondary N) is 2. The molecule has 2 aromatic heterocycles. The highest BCUT2D eigenvalue weighted by Crippen LogP contribution is 2.20. The van der Waals surface area contributed by atoms with Gasteiger partial charge < -0.3 is 15.2 Å².